The molecule has 2 aromatic rings. The van der Waals surface area contributed by atoms with Gasteiger partial charge in [-0.15, -0.1) is 0 Å². The topological polar surface area (TPSA) is 12.0 Å². The fraction of sp³-hybridized carbons (Fsp3) is 0.333. The Morgan fingerprint density at radius 3 is 2.05 bits per heavy atom. The summed E-state index contributed by atoms with van der Waals surface area (Å²) in [6, 6.07) is 7.51. The zero-order chi connectivity index (χ0) is 15.7. The van der Waals surface area contributed by atoms with Gasteiger partial charge in [-0.1, -0.05) is 29.3 Å². The highest BCUT2D eigenvalue weighted by Gasteiger charge is 2.20. The van der Waals surface area contributed by atoms with Gasteiger partial charge in [0.05, 0.1) is 6.04 Å². The number of hydrogen-bond donors (Lipinski definition) is 1. The summed E-state index contributed by atoms with van der Waals surface area (Å²) in [5, 5.41) is 3.77. The van der Waals surface area contributed by atoms with E-state index in [-0.39, 0.29) is 11.9 Å². The smallest absolute Gasteiger partial charge is 0.127 e. The number of hydrogen-bond acceptors (Lipinski definition) is 1. The molecule has 1 atom stereocenters. The van der Waals surface area contributed by atoms with Gasteiger partial charge in [0.25, 0.3) is 0 Å². The summed E-state index contributed by atoms with van der Waals surface area (Å²) >= 11 is 6.28. The van der Waals surface area contributed by atoms with E-state index in [1.54, 1.807) is 6.92 Å². The third kappa shape index (κ3) is 3.12. The van der Waals surface area contributed by atoms with Crippen molar-refractivity contribution < 1.29 is 4.39 Å². The number of rotatable bonds is 3. The maximum Gasteiger partial charge on any atom is 0.127 e. The largest absolute Gasteiger partial charge is 0.309 e. The van der Waals surface area contributed by atoms with Crippen LogP contribution in [0.3, 0.4) is 0 Å². The second-order valence-corrected chi connectivity index (χ2v) is 6.06. The summed E-state index contributed by atoms with van der Waals surface area (Å²) in [6.45, 7) is 8.05. The Morgan fingerprint density at radius 1 is 0.952 bits per heavy atom. The van der Waals surface area contributed by atoms with E-state index in [9.17, 15) is 4.39 Å². The predicted octanol–water partition coefficient (Wildman–Crippen LogP) is 5.02. The van der Waals surface area contributed by atoms with Crippen LogP contribution in [0.15, 0.2) is 24.3 Å². The molecule has 0 heterocycles. The van der Waals surface area contributed by atoms with Crippen LogP contribution in [0.25, 0.3) is 0 Å². The van der Waals surface area contributed by atoms with Gasteiger partial charge >= 0.3 is 0 Å². The molecule has 112 valence electrons. The van der Waals surface area contributed by atoms with Crippen molar-refractivity contribution in [3.63, 3.8) is 0 Å². The molecule has 0 aliphatic carbocycles. The Morgan fingerprint density at radius 2 is 1.52 bits per heavy atom. The molecule has 0 aliphatic heterocycles. The van der Waals surface area contributed by atoms with Gasteiger partial charge < -0.3 is 5.32 Å². The fourth-order valence-corrected chi connectivity index (χ4v) is 3.26. The summed E-state index contributed by atoms with van der Waals surface area (Å²) in [7, 11) is 1.90. The molecule has 0 aromatic heterocycles. The van der Waals surface area contributed by atoms with Crippen LogP contribution in [0.4, 0.5) is 4.39 Å². The molecule has 21 heavy (non-hydrogen) atoms. The SMILES string of the molecule is CNC(c1cc(C)c(F)cc1Cl)c1c(C)cc(C)cc1C. The molecule has 0 bridgehead atoms. The minimum atomic E-state index is -0.268. The van der Waals surface area contributed by atoms with Gasteiger partial charge in [-0.05, 0) is 74.7 Å². The zero-order valence-electron chi connectivity index (χ0n) is 13.1. The third-order valence-corrected chi connectivity index (χ3v) is 4.23. The molecule has 0 saturated carbocycles. The molecule has 1 nitrogen and oxygen atoms in total. The van der Waals surface area contributed by atoms with E-state index in [0.717, 1.165) is 5.56 Å². The van der Waals surface area contributed by atoms with E-state index < -0.39 is 0 Å². The molecule has 0 saturated heterocycles. The first-order chi connectivity index (χ1) is 9.85. The lowest BCUT2D eigenvalue weighted by molar-refractivity contribution is 0.613. The van der Waals surface area contributed by atoms with Crippen molar-refractivity contribution in [1.29, 1.82) is 0 Å². The quantitative estimate of drug-likeness (QED) is 0.839. The summed E-state index contributed by atoms with van der Waals surface area (Å²) in [6.07, 6.45) is 0. The first-order valence-electron chi connectivity index (χ1n) is 7.05. The summed E-state index contributed by atoms with van der Waals surface area (Å²) < 4.78 is 13.6. The molecule has 1 N–H and O–H groups in total. The average Bonchev–Trinajstić information content (AvgIpc) is 2.38. The van der Waals surface area contributed by atoms with Gasteiger partial charge in [0, 0.05) is 5.02 Å². The Labute approximate surface area is 131 Å². The van der Waals surface area contributed by atoms with Gasteiger partial charge in [0.1, 0.15) is 5.82 Å². The number of benzene rings is 2. The molecular formula is C18H21ClFN. The molecule has 1 unspecified atom stereocenters. The van der Waals surface area contributed by atoms with Gasteiger partial charge in [0.15, 0.2) is 0 Å². The van der Waals surface area contributed by atoms with Gasteiger partial charge in [-0.2, -0.15) is 0 Å². The maximum atomic E-state index is 13.6. The molecule has 3 heteroatoms. The predicted molar refractivity (Wildman–Crippen MR) is 87.7 cm³/mol. The molecule has 0 fully saturated rings. The van der Waals surface area contributed by atoms with Crippen molar-refractivity contribution in [1.82, 2.24) is 5.32 Å². The molecule has 0 aliphatic rings. The van der Waals surface area contributed by atoms with Gasteiger partial charge in [-0.25, -0.2) is 4.39 Å². The van der Waals surface area contributed by atoms with Crippen LogP contribution in [0.2, 0.25) is 5.02 Å². The van der Waals surface area contributed by atoms with Crippen molar-refractivity contribution in [2.24, 2.45) is 0 Å². The van der Waals surface area contributed by atoms with Crippen molar-refractivity contribution in [2.45, 2.75) is 33.7 Å². The lowest BCUT2D eigenvalue weighted by Gasteiger charge is -2.24. The highest BCUT2D eigenvalue weighted by atomic mass is 35.5. The van der Waals surface area contributed by atoms with Gasteiger partial charge in [0.2, 0.25) is 0 Å². The van der Waals surface area contributed by atoms with Gasteiger partial charge in [-0.3, -0.25) is 0 Å². The molecule has 0 radical (unpaired) electrons. The van der Waals surface area contributed by atoms with Crippen LogP contribution < -0.4 is 5.32 Å². The average molecular weight is 306 g/mol. The minimum Gasteiger partial charge on any atom is -0.309 e. The second-order valence-electron chi connectivity index (χ2n) is 5.66. The maximum absolute atomic E-state index is 13.6. The Hall–Kier alpha value is -1.38. The Kier molecular flexibility index (Phi) is 4.70. The van der Waals surface area contributed by atoms with Crippen LogP contribution in [-0.2, 0) is 0 Å². The van der Waals surface area contributed by atoms with Crippen LogP contribution in [-0.4, -0.2) is 7.05 Å². The molecular weight excluding hydrogens is 285 g/mol. The van der Waals surface area contributed by atoms with E-state index in [0.29, 0.717) is 10.6 Å². The summed E-state index contributed by atoms with van der Waals surface area (Å²) in [5.74, 6) is -0.268. The van der Waals surface area contributed by atoms with Crippen LogP contribution in [0, 0.1) is 33.5 Å². The lowest BCUT2D eigenvalue weighted by Crippen LogP contribution is -2.20. The minimum absolute atomic E-state index is 0.0441. The molecule has 0 amide bonds. The summed E-state index contributed by atoms with van der Waals surface area (Å²) in [4.78, 5) is 0. The molecule has 0 spiro atoms. The van der Waals surface area contributed by atoms with Crippen molar-refractivity contribution >= 4 is 11.6 Å². The van der Waals surface area contributed by atoms with E-state index in [1.165, 1.54) is 28.3 Å². The van der Waals surface area contributed by atoms with E-state index in [2.05, 4.69) is 38.2 Å². The highest BCUT2D eigenvalue weighted by Crippen LogP contribution is 2.33. The van der Waals surface area contributed by atoms with E-state index in [1.807, 2.05) is 13.1 Å². The normalized spacial score (nSPS) is 12.5. The molecule has 2 rings (SSSR count). The van der Waals surface area contributed by atoms with E-state index >= 15 is 0 Å². The van der Waals surface area contributed by atoms with E-state index in [4.69, 9.17) is 11.6 Å². The standard InChI is InChI=1S/C18H21ClFN/c1-10-6-12(3)17(13(4)7-10)18(21-5)14-8-11(2)16(20)9-15(14)19/h6-9,18,21H,1-5H3. The van der Waals surface area contributed by atoms with Crippen LogP contribution in [0.5, 0.6) is 0 Å². The Bertz CT molecular complexity index is 656. The highest BCUT2D eigenvalue weighted by molar-refractivity contribution is 6.31. The van der Waals surface area contributed by atoms with Crippen molar-refractivity contribution in [3.05, 3.63) is 68.5 Å². The van der Waals surface area contributed by atoms with Crippen molar-refractivity contribution in [3.8, 4) is 0 Å². The summed E-state index contributed by atoms with van der Waals surface area (Å²) in [5.41, 5.74) is 6.39. The van der Waals surface area contributed by atoms with Crippen LogP contribution >= 0.6 is 11.6 Å². The number of aryl methyl sites for hydroxylation is 4. The molecule has 2 aromatic carbocycles. The Balaban J connectivity index is 2.63. The van der Waals surface area contributed by atoms with Crippen LogP contribution in [0.1, 0.15) is 39.4 Å². The number of halogens is 2. The third-order valence-electron chi connectivity index (χ3n) is 3.90. The fourth-order valence-electron chi connectivity index (χ4n) is 3.00. The first kappa shape index (κ1) is 16.0. The number of nitrogens with one attached hydrogen (secondary N) is 1. The zero-order valence-corrected chi connectivity index (χ0v) is 13.9. The first-order valence-corrected chi connectivity index (χ1v) is 7.43. The van der Waals surface area contributed by atoms with Crippen molar-refractivity contribution in [2.75, 3.05) is 7.05 Å². The lowest BCUT2D eigenvalue weighted by atomic mass is 9.89. The second kappa shape index (κ2) is 6.17. The monoisotopic (exact) mass is 305 g/mol.